The molecule has 1 nitrogen and oxygen atoms in total. The summed E-state index contributed by atoms with van der Waals surface area (Å²) in [6.07, 6.45) is 0. The van der Waals surface area contributed by atoms with Crippen molar-refractivity contribution >= 4 is 11.6 Å². The summed E-state index contributed by atoms with van der Waals surface area (Å²) in [7, 11) is 0. The van der Waals surface area contributed by atoms with Gasteiger partial charge in [0, 0.05) is 10.6 Å². The molecule has 1 atom stereocenters. The van der Waals surface area contributed by atoms with Crippen molar-refractivity contribution in [3.63, 3.8) is 0 Å². The van der Waals surface area contributed by atoms with Crippen molar-refractivity contribution in [2.75, 3.05) is 0 Å². The highest BCUT2D eigenvalue weighted by molar-refractivity contribution is 6.30. The van der Waals surface area contributed by atoms with E-state index in [9.17, 15) is 8.78 Å². The molecule has 0 radical (unpaired) electrons. The van der Waals surface area contributed by atoms with Crippen LogP contribution in [-0.4, -0.2) is 0 Å². The molecule has 0 fully saturated rings. The molecular formula is C14H12ClF2N. The largest absolute Gasteiger partial charge is 0.320 e. The first-order valence-electron chi connectivity index (χ1n) is 5.45. The van der Waals surface area contributed by atoms with Gasteiger partial charge in [-0.15, -0.1) is 0 Å². The van der Waals surface area contributed by atoms with Gasteiger partial charge >= 0.3 is 0 Å². The number of hydrogen-bond donors (Lipinski definition) is 1. The zero-order chi connectivity index (χ0) is 13.3. The van der Waals surface area contributed by atoms with E-state index in [-0.39, 0.29) is 5.56 Å². The van der Waals surface area contributed by atoms with Gasteiger partial charge in [0.2, 0.25) is 0 Å². The lowest BCUT2D eigenvalue weighted by Gasteiger charge is -2.15. The molecule has 2 N–H and O–H groups in total. The lowest BCUT2D eigenvalue weighted by molar-refractivity contribution is 0.543. The van der Waals surface area contributed by atoms with Gasteiger partial charge in [0.15, 0.2) is 0 Å². The fourth-order valence-electron chi connectivity index (χ4n) is 1.92. The standard InChI is InChI=1S/C14H12ClF2N/c1-8-5-9(7-10(15)6-8)14(18)13-11(16)3-2-4-12(13)17/h2-7,14H,18H2,1H3. The lowest BCUT2D eigenvalue weighted by atomic mass is 9.97. The number of halogens is 3. The van der Waals surface area contributed by atoms with Crippen molar-refractivity contribution in [1.82, 2.24) is 0 Å². The minimum Gasteiger partial charge on any atom is -0.320 e. The van der Waals surface area contributed by atoms with Crippen molar-refractivity contribution in [2.45, 2.75) is 13.0 Å². The lowest BCUT2D eigenvalue weighted by Crippen LogP contribution is -2.15. The molecule has 1 unspecified atom stereocenters. The smallest absolute Gasteiger partial charge is 0.131 e. The molecule has 0 amide bonds. The number of aryl methyl sites for hydroxylation is 1. The number of benzene rings is 2. The van der Waals surface area contributed by atoms with Crippen LogP contribution in [0.3, 0.4) is 0 Å². The van der Waals surface area contributed by atoms with Crippen LogP contribution in [0.5, 0.6) is 0 Å². The molecule has 0 saturated carbocycles. The van der Waals surface area contributed by atoms with Crippen molar-refractivity contribution in [1.29, 1.82) is 0 Å². The summed E-state index contributed by atoms with van der Waals surface area (Å²) in [6, 6.07) is 7.96. The fourth-order valence-corrected chi connectivity index (χ4v) is 2.22. The highest BCUT2D eigenvalue weighted by atomic mass is 35.5. The molecule has 94 valence electrons. The Kier molecular flexibility index (Phi) is 3.64. The van der Waals surface area contributed by atoms with E-state index in [1.54, 1.807) is 18.2 Å². The second-order valence-electron chi connectivity index (χ2n) is 4.17. The Morgan fingerprint density at radius 2 is 1.72 bits per heavy atom. The molecule has 18 heavy (non-hydrogen) atoms. The molecule has 2 aromatic carbocycles. The van der Waals surface area contributed by atoms with Crippen LogP contribution in [0.1, 0.15) is 22.7 Å². The summed E-state index contributed by atoms with van der Waals surface area (Å²) >= 11 is 5.92. The van der Waals surface area contributed by atoms with Gasteiger partial charge in [-0.1, -0.05) is 23.7 Å². The normalized spacial score (nSPS) is 12.5. The van der Waals surface area contributed by atoms with E-state index < -0.39 is 17.7 Å². The predicted molar refractivity (Wildman–Crippen MR) is 68.6 cm³/mol. The maximum absolute atomic E-state index is 13.6. The molecular weight excluding hydrogens is 256 g/mol. The van der Waals surface area contributed by atoms with Gasteiger partial charge in [-0.05, 0) is 42.3 Å². The summed E-state index contributed by atoms with van der Waals surface area (Å²) in [4.78, 5) is 0. The third-order valence-electron chi connectivity index (χ3n) is 2.73. The summed E-state index contributed by atoms with van der Waals surface area (Å²) in [6.45, 7) is 1.85. The molecule has 4 heteroatoms. The molecule has 0 aromatic heterocycles. The van der Waals surface area contributed by atoms with E-state index in [0.29, 0.717) is 10.6 Å². The van der Waals surface area contributed by atoms with Crippen LogP contribution in [0.15, 0.2) is 36.4 Å². The Hall–Kier alpha value is -1.45. The monoisotopic (exact) mass is 267 g/mol. The molecule has 0 aliphatic carbocycles. The predicted octanol–water partition coefficient (Wildman–Crippen LogP) is 3.97. The topological polar surface area (TPSA) is 26.0 Å². The first-order chi connectivity index (χ1) is 8.49. The highest BCUT2D eigenvalue weighted by Crippen LogP contribution is 2.27. The van der Waals surface area contributed by atoms with Crippen LogP contribution in [0.25, 0.3) is 0 Å². The Morgan fingerprint density at radius 3 is 2.28 bits per heavy atom. The van der Waals surface area contributed by atoms with E-state index in [0.717, 1.165) is 5.56 Å². The van der Waals surface area contributed by atoms with Gasteiger partial charge in [-0.3, -0.25) is 0 Å². The second-order valence-corrected chi connectivity index (χ2v) is 4.61. The van der Waals surface area contributed by atoms with Crippen LogP contribution in [0.4, 0.5) is 8.78 Å². The van der Waals surface area contributed by atoms with Crippen molar-refractivity contribution in [3.05, 3.63) is 69.7 Å². The van der Waals surface area contributed by atoms with Crippen molar-refractivity contribution in [2.24, 2.45) is 5.73 Å². The van der Waals surface area contributed by atoms with Gasteiger partial charge in [0.1, 0.15) is 11.6 Å². The summed E-state index contributed by atoms with van der Waals surface area (Å²) in [5, 5.41) is 0.497. The van der Waals surface area contributed by atoms with Crippen LogP contribution in [-0.2, 0) is 0 Å². The quantitative estimate of drug-likeness (QED) is 0.875. The number of rotatable bonds is 2. The van der Waals surface area contributed by atoms with Crippen LogP contribution < -0.4 is 5.73 Å². The molecule has 0 saturated heterocycles. The van der Waals surface area contributed by atoms with Crippen LogP contribution in [0, 0.1) is 18.6 Å². The first kappa shape index (κ1) is 13.0. The van der Waals surface area contributed by atoms with Crippen LogP contribution in [0.2, 0.25) is 5.02 Å². The zero-order valence-corrected chi connectivity index (χ0v) is 10.5. The Labute approximate surface area is 109 Å². The fraction of sp³-hybridized carbons (Fsp3) is 0.143. The Bertz CT molecular complexity index is 544. The zero-order valence-electron chi connectivity index (χ0n) is 9.75. The Morgan fingerprint density at radius 1 is 1.11 bits per heavy atom. The Balaban J connectivity index is 2.51. The van der Waals surface area contributed by atoms with Crippen molar-refractivity contribution in [3.8, 4) is 0 Å². The maximum atomic E-state index is 13.6. The molecule has 2 rings (SSSR count). The van der Waals surface area contributed by atoms with Gasteiger partial charge in [-0.25, -0.2) is 8.78 Å². The number of nitrogens with two attached hydrogens (primary N) is 1. The molecule has 0 aliphatic rings. The van der Waals surface area contributed by atoms with E-state index >= 15 is 0 Å². The average Bonchev–Trinajstić information content (AvgIpc) is 2.27. The first-order valence-corrected chi connectivity index (χ1v) is 5.83. The molecule has 0 spiro atoms. The van der Waals surface area contributed by atoms with Crippen molar-refractivity contribution < 1.29 is 8.78 Å². The second kappa shape index (κ2) is 5.04. The molecule has 0 bridgehead atoms. The molecule has 2 aromatic rings. The van der Waals surface area contributed by atoms with E-state index in [2.05, 4.69) is 0 Å². The van der Waals surface area contributed by atoms with E-state index in [1.807, 2.05) is 6.92 Å². The number of hydrogen-bond acceptors (Lipinski definition) is 1. The van der Waals surface area contributed by atoms with Gasteiger partial charge in [0.25, 0.3) is 0 Å². The third-order valence-corrected chi connectivity index (χ3v) is 2.95. The third kappa shape index (κ3) is 2.52. The van der Waals surface area contributed by atoms with Gasteiger partial charge < -0.3 is 5.73 Å². The minimum absolute atomic E-state index is 0.140. The molecule has 0 aliphatic heterocycles. The van der Waals surface area contributed by atoms with Gasteiger partial charge in [-0.2, -0.15) is 0 Å². The van der Waals surface area contributed by atoms with E-state index in [4.69, 9.17) is 17.3 Å². The summed E-state index contributed by atoms with van der Waals surface area (Å²) in [5.74, 6) is -1.31. The maximum Gasteiger partial charge on any atom is 0.131 e. The molecule has 0 heterocycles. The summed E-state index contributed by atoms with van der Waals surface area (Å²) < 4.78 is 27.3. The van der Waals surface area contributed by atoms with E-state index in [1.165, 1.54) is 18.2 Å². The highest BCUT2D eigenvalue weighted by Gasteiger charge is 2.18. The van der Waals surface area contributed by atoms with Gasteiger partial charge in [0.05, 0.1) is 6.04 Å². The average molecular weight is 268 g/mol. The van der Waals surface area contributed by atoms with Crippen LogP contribution >= 0.6 is 11.6 Å². The SMILES string of the molecule is Cc1cc(Cl)cc(C(N)c2c(F)cccc2F)c1. The minimum atomic E-state index is -0.872. The summed E-state index contributed by atoms with van der Waals surface area (Å²) in [5.41, 5.74) is 7.26.